The molecule has 0 aliphatic carbocycles. The van der Waals surface area contributed by atoms with Crippen LogP contribution in [0.15, 0.2) is 65.5 Å². The van der Waals surface area contributed by atoms with E-state index in [2.05, 4.69) is 15.4 Å². The van der Waals surface area contributed by atoms with Gasteiger partial charge in [0, 0.05) is 12.7 Å². The molecule has 0 aliphatic heterocycles. The van der Waals surface area contributed by atoms with Crippen LogP contribution >= 0.6 is 0 Å². The average molecular weight is 332 g/mol. The maximum atomic E-state index is 13.1. The molecule has 0 bridgehead atoms. The molecule has 7 heteroatoms. The van der Waals surface area contributed by atoms with Crippen LogP contribution < -0.4 is 16.6 Å². The number of nitrogens with one attached hydrogen (secondary N) is 1. The number of aromatic nitrogens is 4. The first-order chi connectivity index (χ1) is 12.1. The van der Waals surface area contributed by atoms with Crippen molar-refractivity contribution in [3.8, 4) is 5.69 Å². The number of hydrogen-bond donors (Lipinski definition) is 2. The standard InChI is InChI=1S/C18H16N6O/c1-23-16-14(15(19)22-23)17(25)24(13-10-6-3-7-11-13)18(21-16)20-12-8-4-2-5-9-12/h2-11H,1H3,(H2,19,22)(H,20,21). The van der Waals surface area contributed by atoms with E-state index in [1.165, 1.54) is 9.25 Å². The Labute approximate surface area is 143 Å². The van der Waals surface area contributed by atoms with Crippen molar-refractivity contribution < 1.29 is 0 Å². The first kappa shape index (κ1) is 14.9. The smallest absolute Gasteiger partial charge is 0.272 e. The van der Waals surface area contributed by atoms with Crippen LogP contribution in [0.2, 0.25) is 0 Å². The molecular weight excluding hydrogens is 316 g/mol. The number of rotatable bonds is 3. The quantitative estimate of drug-likeness (QED) is 0.601. The van der Waals surface area contributed by atoms with Crippen molar-refractivity contribution in [2.24, 2.45) is 7.05 Å². The average Bonchev–Trinajstić information content (AvgIpc) is 2.91. The van der Waals surface area contributed by atoms with Gasteiger partial charge in [0.2, 0.25) is 5.95 Å². The van der Waals surface area contributed by atoms with E-state index < -0.39 is 0 Å². The summed E-state index contributed by atoms with van der Waals surface area (Å²) in [7, 11) is 1.71. The minimum absolute atomic E-state index is 0.172. The monoisotopic (exact) mass is 332 g/mol. The molecule has 4 aromatic rings. The van der Waals surface area contributed by atoms with E-state index in [0.717, 1.165) is 5.69 Å². The maximum absolute atomic E-state index is 13.1. The zero-order valence-electron chi connectivity index (χ0n) is 13.5. The lowest BCUT2D eigenvalue weighted by molar-refractivity contribution is 0.788. The zero-order chi connectivity index (χ0) is 17.4. The van der Waals surface area contributed by atoms with Gasteiger partial charge < -0.3 is 11.1 Å². The molecule has 4 rings (SSSR count). The molecule has 2 aromatic heterocycles. The molecular formula is C18H16N6O. The summed E-state index contributed by atoms with van der Waals surface area (Å²) in [6.07, 6.45) is 0. The fraction of sp³-hybridized carbons (Fsp3) is 0.0556. The Hall–Kier alpha value is -3.61. The van der Waals surface area contributed by atoms with Crippen molar-refractivity contribution in [3.63, 3.8) is 0 Å². The molecule has 0 fully saturated rings. The minimum atomic E-state index is -0.264. The van der Waals surface area contributed by atoms with E-state index in [4.69, 9.17) is 5.73 Å². The van der Waals surface area contributed by atoms with Gasteiger partial charge in [-0.15, -0.1) is 0 Å². The topological polar surface area (TPSA) is 90.8 Å². The highest BCUT2D eigenvalue weighted by Gasteiger charge is 2.18. The molecule has 124 valence electrons. The summed E-state index contributed by atoms with van der Waals surface area (Å²) in [5, 5.41) is 7.65. The van der Waals surface area contributed by atoms with Crippen molar-refractivity contribution in [2.45, 2.75) is 0 Å². The van der Waals surface area contributed by atoms with Crippen LogP contribution in [0.25, 0.3) is 16.7 Å². The Morgan fingerprint density at radius 2 is 1.64 bits per heavy atom. The molecule has 0 saturated heterocycles. The molecule has 0 spiro atoms. The van der Waals surface area contributed by atoms with Crippen LogP contribution in [0.5, 0.6) is 0 Å². The number of nitrogens with two attached hydrogens (primary N) is 1. The van der Waals surface area contributed by atoms with Crippen molar-refractivity contribution in [3.05, 3.63) is 71.0 Å². The maximum Gasteiger partial charge on any atom is 0.272 e. The minimum Gasteiger partial charge on any atom is -0.381 e. The number of fused-ring (bicyclic) bond motifs is 1. The lowest BCUT2D eigenvalue weighted by Crippen LogP contribution is -2.23. The number of aryl methyl sites for hydroxylation is 1. The molecule has 7 nitrogen and oxygen atoms in total. The molecule has 0 saturated carbocycles. The van der Waals surface area contributed by atoms with Crippen LogP contribution in [0.3, 0.4) is 0 Å². The molecule has 0 atom stereocenters. The van der Waals surface area contributed by atoms with E-state index in [0.29, 0.717) is 22.7 Å². The van der Waals surface area contributed by atoms with Crippen LogP contribution in [0, 0.1) is 0 Å². The largest absolute Gasteiger partial charge is 0.381 e. The van der Waals surface area contributed by atoms with Gasteiger partial charge in [0.25, 0.3) is 5.56 Å². The molecule has 0 aliphatic rings. The molecule has 0 amide bonds. The third kappa shape index (κ3) is 2.51. The van der Waals surface area contributed by atoms with E-state index in [1.807, 2.05) is 60.7 Å². The third-order valence-electron chi connectivity index (χ3n) is 3.93. The van der Waals surface area contributed by atoms with Crippen LogP contribution in [-0.2, 0) is 7.05 Å². The van der Waals surface area contributed by atoms with Crippen LogP contribution in [0.1, 0.15) is 0 Å². The number of nitrogen functional groups attached to an aromatic ring is 1. The number of anilines is 3. The number of benzene rings is 2. The normalized spacial score (nSPS) is 10.9. The number of para-hydroxylation sites is 2. The van der Waals surface area contributed by atoms with Gasteiger partial charge in [0.05, 0.1) is 5.69 Å². The summed E-state index contributed by atoms with van der Waals surface area (Å²) < 4.78 is 3.02. The van der Waals surface area contributed by atoms with E-state index >= 15 is 0 Å². The highest BCUT2D eigenvalue weighted by atomic mass is 16.1. The van der Waals surface area contributed by atoms with Crippen molar-refractivity contribution >= 4 is 28.5 Å². The molecule has 2 heterocycles. The first-order valence-electron chi connectivity index (χ1n) is 7.78. The predicted octanol–water partition coefficient (Wildman–Crippen LogP) is 2.45. The number of nitrogens with zero attached hydrogens (tertiary/aromatic N) is 4. The lowest BCUT2D eigenvalue weighted by Gasteiger charge is -2.14. The summed E-state index contributed by atoms with van der Waals surface area (Å²) in [6.45, 7) is 0. The Morgan fingerprint density at radius 1 is 1.00 bits per heavy atom. The van der Waals surface area contributed by atoms with E-state index in [-0.39, 0.29) is 11.4 Å². The first-order valence-corrected chi connectivity index (χ1v) is 7.78. The van der Waals surface area contributed by atoms with E-state index in [1.54, 1.807) is 7.05 Å². The fourth-order valence-corrected chi connectivity index (χ4v) is 2.78. The summed E-state index contributed by atoms with van der Waals surface area (Å²) in [5.41, 5.74) is 7.62. The zero-order valence-corrected chi connectivity index (χ0v) is 13.5. The molecule has 0 unspecified atom stereocenters. The van der Waals surface area contributed by atoms with Gasteiger partial charge >= 0.3 is 0 Å². The SMILES string of the molecule is Cn1nc(N)c2c(=O)n(-c3ccccc3)c(Nc3ccccc3)nc21. The van der Waals surface area contributed by atoms with Crippen molar-refractivity contribution in [2.75, 3.05) is 11.1 Å². The second-order valence-corrected chi connectivity index (χ2v) is 5.61. The Balaban J connectivity index is 2.02. The lowest BCUT2D eigenvalue weighted by atomic mass is 10.3. The van der Waals surface area contributed by atoms with Gasteiger partial charge in [-0.1, -0.05) is 36.4 Å². The highest BCUT2D eigenvalue weighted by molar-refractivity contribution is 5.87. The van der Waals surface area contributed by atoms with Gasteiger partial charge in [-0.25, -0.2) is 9.25 Å². The highest BCUT2D eigenvalue weighted by Crippen LogP contribution is 2.21. The van der Waals surface area contributed by atoms with Crippen LogP contribution in [-0.4, -0.2) is 19.3 Å². The second-order valence-electron chi connectivity index (χ2n) is 5.61. The van der Waals surface area contributed by atoms with E-state index in [9.17, 15) is 4.79 Å². The fourth-order valence-electron chi connectivity index (χ4n) is 2.78. The van der Waals surface area contributed by atoms with Crippen molar-refractivity contribution in [1.82, 2.24) is 19.3 Å². The summed E-state index contributed by atoms with van der Waals surface area (Å²) >= 11 is 0. The van der Waals surface area contributed by atoms with Gasteiger partial charge in [-0.2, -0.15) is 10.1 Å². The van der Waals surface area contributed by atoms with Gasteiger partial charge in [0.1, 0.15) is 5.39 Å². The molecule has 0 radical (unpaired) electrons. The van der Waals surface area contributed by atoms with Gasteiger partial charge in [0.15, 0.2) is 11.5 Å². The Kier molecular flexibility index (Phi) is 3.46. The van der Waals surface area contributed by atoms with Gasteiger partial charge in [-0.3, -0.25) is 4.79 Å². The molecule has 2 aromatic carbocycles. The third-order valence-corrected chi connectivity index (χ3v) is 3.93. The van der Waals surface area contributed by atoms with Crippen molar-refractivity contribution in [1.29, 1.82) is 0 Å². The molecule has 25 heavy (non-hydrogen) atoms. The van der Waals surface area contributed by atoms with Crippen LogP contribution in [0.4, 0.5) is 17.5 Å². The second kappa shape index (κ2) is 5.79. The van der Waals surface area contributed by atoms with Gasteiger partial charge in [-0.05, 0) is 24.3 Å². The summed E-state index contributed by atoms with van der Waals surface area (Å²) in [5.74, 6) is 0.573. The number of hydrogen-bond acceptors (Lipinski definition) is 5. The predicted molar refractivity (Wildman–Crippen MR) is 98.2 cm³/mol. The summed E-state index contributed by atoms with van der Waals surface area (Å²) in [4.78, 5) is 17.7. The Bertz CT molecular complexity index is 1100. The Morgan fingerprint density at radius 3 is 2.32 bits per heavy atom. The summed E-state index contributed by atoms with van der Waals surface area (Å²) in [6, 6.07) is 18.9. The molecule has 3 N–H and O–H groups in total.